The van der Waals surface area contributed by atoms with Crippen LogP contribution in [0, 0.1) is 0 Å². The summed E-state index contributed by atoms with van der Waals surface area (Å²) in [6.45, 7) is 0.0132. The predicted molar refractivity (Wildman–Crippen MR) is 113 cm³/mol. The van der Waals surface area contributed by atoms with E-state index in [1.54, 1.807) is 60.7 Å². The lowest BCUT2D eigenvalue weighted by Crippen LogP contribution is -2.27. The first-order valence-electron chi connectivity index (χ1n) is 9.41. The zero-order chi connectivity index (χ0) is 22.1. The quantitative estimate of drug-likeness (QED) is 0.275. The van der Waals surface area contributed by atoms with Crippen LogP contribution >= 0.6 is 11.6 Å². The largest absolute Gasteiger partial charge is 0.458 e. The molecule has 31 heavy (non-hydrogen) atoms. The average molecular weight is 439 g/mol. The molecule has 3 aromatic carbocycles. The minimum atomic E-state index is -1.43. The van der Waals surface area contributed by atoms with Crippen molar-refractivity contribution in [3.05, 3.63) is 108 Å². The molecule has 0 aliphatic carbocycles. The molecule has 158 valence electrons. The SMILES string of the molecule is O=C(Cl)OC(C(=O)OC(C(=O)OCc1ccccc1)c1ccccc1)c1ccccc1. The molecule has 0 saturated carbocycles. The van der Waals surface area contributed by atoms with E-state index in [-0.39, 0.29) is 6.61 Å². The number of benzene rings is 3. The van der Waals surface area contributed by atoms with Crippen molar-refractivity contribution in [3.8, 4) is 0 Å². The summed E-state index contributed by atoms with van der Waals surface area (Å²) in [5.74, 6) is -1.71. The lowest BCUT2D eigenvalue weighted by molar-refractivity contribution is -0.174. The minimum Gasteiger partial charge on any atom is -0.458 e. The van der Waals surface area contributed by atoms with Gasteiger partial charge in [0.1, 0.15) is 6.61 Å². The second-order valence-corrected chi connectivity index (χ2v) is 6.78. The minimum absolute atomic E-state index is 0.0132. The van der Waals surface area contributed by atoms with Gasteiger partial charge in [-0.2, -0.15) is 0 Å². The maximum Gasteiger partial charge on any atom is 0.404 e. The van der Waals surface area contributed by atoms with Gasteiger partial charge in [0.05, 0.1) is 0 Å². The number of rotatable bonds is 8. The number of esters is 2. The first kappa shape index (κ1) is 22.1. The van der Waals surface area contributed by atoms with Gasteiger partial charge in [0.15, 0.2) is 0 Å². The first-order valence-corrected chi connectivity index (χ1v) is 9.79. The standard InChI is InChI=1S/C24H19ClO6/c25-24(28)31-21(19-14-8-3-9-15-19)23(27)30-20(18-12-6-2-7-13-18)22(26)29-16-17-10-4-1-5-11-17/h1-15,20-21H,16H2. The molecule has 2 unspecified atom stereocenters. The second-order valence-electron chi connectivity index (χ2n) is 6.47. The highest BCUT2D eigenvalue weighted by Gasteiger charge is 2.33. The molecule has 0 radical (unpaired) electrons. The van der Waals surface area contributed by atoms with Crippen molar-refractivity contribution in [3.63, 3.8) is 0 Å². The van der Waals surface area contributed by atoms with Crippen molar-refractivity contribution in [2.24, 2.45) is 0 Å². The molecule has 0 bridgehead atoms. The molecule has 6 nitrogen and oxygen atoms in total. The molecular formula is C24H19ClO6. The molecular weight excluding hydrogens is 420 g/mol. The normalized spacial score (nSPS) is 12.3. The molecule has 0 heterocycles. The van der Waals surface area contributed by atoms with Gasteiger partial charge in [-0.25, -0.2) is 14.4 Å². The van der Waals surface area contributed by atoms with Crippen LogP contribution in [0.3, 0.4) is 0 Å². The van der Waals surface area contributed by atoms with Crippen LogP contribution in [-0.2, 0) is 30.4 Å². The highest BCUT2D eigenvalue weighted by atomic mass is 35.5. The van der Waals surface area contributed by atoms with E-state index in [0.717, 1.165) is 5.56 Å². The zero-order valence-corrected chi connectivity index (χ0v) is 17.1. The molecule has 0 amide bonds. The van der Waals surface area contributed by atoms with Crippen molar-refractivity contribution >= 4 is 29.0 Å². The van der Waals surface area contributed by atoms with Crippen molar-refractivity contribution in [2.75, 3.05) is 0 Å². The van der Waals surface area contributed by atoms with Crippen LogP contribution in [0.5, 0.6) is 0 Å². The summed E-state index contributed by atoms with van der Waals surface area (Å²) in [5.41, 5.74) is 0.379. The summed E-state index contributed by atoms with van der Waals surface area (Å²) in [7, 11) is 0. The Bertz CT molecular complexity index is 1010. The van der Waals surface area contributed by atoms with E-state index in [0.29, 0.717) is 11.1 Å². The van der Waals surface area contributed by atoms with Crippen molar-refractivity contribution in [2.45, 2.75) is 18.8 Å². The van der Waals surface area contributed by atoms with Crippen LogP contribution in [0.4, 0.5) is 4.79 Å². The monoisotopic (exact) mass is 438 g/mol. The molecule has 2 atom stereocenters. The number of ether oxygens (including phenoxy) is 3. The predicted octanol–water partition coefficient (Wildman–Crippen LogP) is 5.13. The van der Waals surface area contributed by atoms with E-state index >= 15 is 0 Å². The molecule has 7 heteroatoms. The third-order valence-corrected chi connectivity index (χ3v) is 4.39. The molecule has 0 fully saturated rings. The number of carbonyl (C=O) groups is 3. The third kappa shape index (κ3) is 6.42. The number of hydrogen-bond donors (Lipinski definition) is 0. The Morgan fingerprint density at radius 3 is 1.58 bits per heavy atom. The summed E-state index contributed by atoms with van der Waals surface area (Å²) < 4.78 is 15.8. The second kappa shape index (κ2) is 10.9. The maximum absolute atomic E-state index is 12.9. The number of carbonyl (C=O) groups excluding carboxylic acids is 3. The van der Waals surface area contributed by atoms with Gasteiger partial charge in [0, 0.05) is 22.7 Å². The van der Waals surface area contributed by atoms with Crippen LogP contribution in [-0.4, -0.2) is 17.4 Å². The fourth-order valence-electron chi connectivity index (χ4n) is 2.84. The van der Waals surface area contributed by atoms with Gasteiger partial charge in [-0.05, 0) is 5.56 Å². The van der Waals surface area contributed by atoms with E-state index in [1.165, 1.54) is 0 Å². The Balaban J connectivity index is 1.80. The molecule has 0 spiro atoms. The van der Waals surface area contributed by atoms with Gasteiger partial charge in [-0.3, -0.25) is 0 Å². The lowest BCUT2D eigenvalue weighted by Gasteiger charge is -2.21. The summed E-state index contributed by atoms with van der Waals surface area (Å²) >= 11 is 5.34. The Morgan fingerprint density at radius 1 is 0.645 bits per heavy atom. The summed E-state index contributed by atoms with van der Waals surface area (Å²) in [6, 6.07) is 25.8. The lowest BCUT2D eigenvalue weighted by atomic mass is 10.1. The highest BCUT2D eigenvalue weighted by molar-refractivity contribution is 6.61. The van der Waals surface area contributed by atoms with E-state index in [2.05, 4.69) is 0 Å². The topological polar surface area (TPSA) is 78.9 Å². The molecule has 3 rings (SSSR count). The number of halogens is 1. The van der Waals surface area contributed by atoms with E-state index < -0.39 is 29.6 Å². The zero-order valence-electron chi connectivity index (χ0n) is 16.3. The van der Waals surface area contributed by atoms with E-state index in [9.17, 15) is 14.4 Å². The smallest absolute Gasteiger partial charge is 0.404 e. The molecule has 0 saturated heterocycles. The van der Waals surface area contributed by atoms with Gasteiger partial charge in [0.25, 0.3) is 0 Å². The van der Waals surface area contributed by atoms with Gasteiger partial charge in [-0.15, -0.1) is 0 Å². The Morgan fingerprint density at radius 2 is 1.10 bits per heavy atom. The Kier molecular flexibility index (Phi) is 7.79. The number of hydrogen-bond acceptors (Lipinski definition) is 6. The van der Waals surface area contributed by atoms with Gasteiger partial charge < -0.3 is 14.2 Å². The molecule has 0 aromatic heterocycles. The van der Waals surface area contributed by atoms with E-state index in [4.69, 9.17) is 25.8 Å². The molecule has 0 aliphatic heterocycles. The van der Waals surface area contributed by atoms with Crippen LogP contribution in [0.2, 0.25) is 0 Å². The van der Waals surface area contributed by atoms with Crippen LogP contribution in [0.25, 0.3) is 0 Å². The Labute approximate surface area is 184 Å². The van der Waals surface area contributed by atoms with Gasteiger partial charge in [-0.1, -0.05) is 91.0 Å². The Hall–Kier alpha value is -3.64. The van der Waals surface area contributed by atoms with Crippen LogP contribution in [0.15, 0.2) is 91.0 Å². The van der Waals surface area contributed by atoms with Crippen molar-refractivity contribution in [1.82, 2.24) is 0 Å². The fourth-order valence-corrected chi connectivity index (χ4v) is 2.92. The fraction of sp³-hybridized carbons (Fsp3) is 0.125. The summed E-state index contributed by atoms with van der Waals surface area (Å²) in [4.78, 5) is 37.0. The highest BCUT2D eigenvalue weighted by Crippen LogP contribution is 2.26. The average Bonchev–Trinajstić information content (AvgIpc) is 2.81. The van der Waals surface area contributed by atoms with Crippen LogP contribution < -0.4 is 0 Å². The van der Waals surface area contributed by atoms with Gasteiger partial charge >= 0.3 is 17.4 Å². The molecule has 0 N–H and O–H groups in total. The first-order chi connectivity index (χ1) is 15.0. The molecule has 3 aromatic rings. The molecule has 0 aliphatic rings. The van der Waals surface area contributed by atoms with Crippen molar-refractivity contribution < 1.29 is 28.6 Å². The van der Waals surface area contributed by atoms with Crippen molar-refractivity contribution in [1.29, 1.82) is 0 Å². The van der Waals surface area contributed by atoms with Crippen LogP contribution in [0.1, 0.15) is 28.9 Å². The summed E-state index contributed by atoms with van der Waals surface area (Å²) in [6.07, 6.45) is -2.78. The summed E-state index contributed by atoms with van der Waals surface area (Å²) in [5, 5.41) is 0. The van der Waals surface area contributed by atoms with E-state index in [1.807, 2.05) is 30.3 Å². The maximum atomic E-state index is 12.9. The van der Waals surface area contributed by atoms with Gasteiger partial charge in [0.2, 0.25) is 12.2 Å². The third-order valence-electron chi connectivity index (χ3n) is 4.30.